The van der Waals surface area contributed by atoms with E-state index < -0.39 is 14.6 Å². The van der Waals surface area contributed by atoms with Crippen molar-refractivity contribution in [1.29, 1.82) is 0 Å². The van der Waals surface area contributed by atoms with Crippen LogP contribution in [0.25, 0.3) is 0 Å². The van der Waals surface area contributed by atoms with Crippen LogP contribution in [0.3, 0.4) is 0 Å². The fourth-order valence-electron chi connectivity index (χ4n) is 1.26. The van der Waals surface area contributed by atoms with Crippen molar-refractivity contribution in [3.63, 3.8) is 0 Å². The summed E-state index contributed by atoms with van der Waals surface area (Å²) < 4.78 is 24.0. The van der Waals surface area contributed by atoms with Crippen LogP contribution in [0.5, 0.6) is 0 Å². The summed E-state index contributed by atoms with van der Waals surface area (Å²) in [5.41, 5.74) is 0.740. The van der Waals surface area contributed by atoms with Crippen molar-refractivity contribution in [3.8, 4) is 0 Å². The normalized spacial score (nSPS) is 12.5. The van der Waals surface area contributed by atoms with Crippen LogP contribution in [0.2, 0.25) is 5.02 Å². The summed E-state index contributed by atoms with van der Waals surface area (Å²) in [6.07, 6.45) is 0. The zero-order valence-corrected chi connectivity index (χ0v) is 13.8. The Morgan fingerprint density at radius 1 is 1.33 bits per heavy atom. The molecular formula is C12H17BrClNO2S. The summed E-state index contributed by atoms with van der Waals surface area (Å²) >= 11 is 9.34. The first-order chi connectivity index (χ1) is 8.13. The van der Waals surface area contributed by atoms with Gasteiger partial charge in [0.05, 0.1) is 21.2 Å². The molecule has 0 amide bonds. The molecule has 0 saturated carbocycles. The molecule has 0 unspecified atom stereocenters. The Balaban J connectivity index is 2.63. The molecule has 0 bridgehead atoms. The highest BCUT2D eigenvalue weighted by Crippen LogP contribution is 2.25. The molecule has 102 valence electrons. The van der Waals surface area contributed by atoms with Gasteiger partial charge in [0.2, 0.25) is 0 Å². The van der Waals surface area contributed by atoms with Crippen molar-refractivity contribution < 1.29 is 8.42 Å². The van der Waals surface area contributed by atoms with Crippen LogP contribution in [-0.4, -0.2) is 25.5 Å². The topological polar surface area (TPSA) is 46.2 Å². The molecule has 0 fully saturated rings. The molecule has 3 nitrogen and oxygen atoms in total. The minimum absolute atomic E-state index is 0.0862. The molecule has 0 saturated heterocycles. The summed E-state index contributed by atoms with van der Waals surface area (Å²) in [6.45, 7) is 5.46. The van der Waals surface area contributed by atoms with Gasteiger partial charge in [0.25, 0.3) is 0 Å². The van der Waals surface area contributed by atoms with E-state index in [9.17, 15) is 8.42 Å². The molecule has 0 aliphatic carbocycles. The molecule has 0 aromatic heterocycles. The Labute approximate surface area is 122 Å². The van der Waals surface area contributed by atoms with E-state index in [0.29, 0.717) is 11.6 Å². The Morgan fingerprint density at radius 2 is 1.94 bits per heavy atom. The van der Waals surface area contributed by atoms with Crippen molar-refractivity contribution in [1.82, 2.24) is 0 Å². The summed E-state index contributed by atoms with van der Waals surface area (Å²) in [7, 11) is -3.10. The Hall–Kier alpha value is -0.260. The van der Waals surface area contributed by atoms with Gasteiger partial charge in [-0.25, -0.2) is 8.42 Å². The van der Waals surface area contributed by atoms with E-state index in [1.165, 1.54) is 0 Å². The van der Waals surface area contributed by atoms with Crippen molar-refractivity contribution in [2.45, 2.75) is 25.5 Å². The molecule has 1 aromatic carbocycles. The Morgan fingerprint density at radius 3 is 2.44 bits per heavy atom. The van der Waals surface area contributed by atoms with Gasteiger partial charge in [0.15, 0.2) is 9.84 Å². The average Bonchev–Trinajstić information content (AvgIpc) is 2.19. The van der Waals surface area contributed by atoms with Gasteiger partial charge in [0, 0.05) is 11.0 Å². The summed E-state index contributed by atoms with van der Waals surface area (Å²) in [5, 5.41) is 3.60. The summed E-state index contributed by atoms with van der Waals surface area (Å²) in [4.78, 5) is 0. The number of hydrogen-bond donors (Lipinski definition) is 1. The number of halogens is 2. The lowest BCUT2D eigenvalue weighted by atomic mass is 10.3. The zero-order valence-electron chi connectivity index (χ0n) is 10.6. The molecule has 6 heteroatoms. The second-order valence-electron chi connectivity index (χ2n) is 4.98. The molecule has 0 aliphatic rings. The lowest BCUT2D eigenvalue weighted by Gasteiger charge is -2.19. The smallest absolute Gasteiger partial charge is 0.156 e. The second-order valence-corrected chi connectivity index (χ2v) is 9.17. The number of hydrogen-bond acceptors (Lipinski definition) is 3. The first kappa shape index (κ1) is 15.8. The van der Waals surface area contributed by atoms with E-state index in [0.717, 1.165) is 10.2 Å². The van der Waals surface area contributed by atoms with E-state index in [2.05, 4.69) is 21.2 Å². The van der Waals surface area contributed by atoms with E-state index in [4.69, 9.17) is 11.6 Å². The standard InChI is InChI=1S/C12H17BrClNO2S/c1-12(2,3)18(16,17)7-6-15-11-5-4-9(13)8-10(11)14/h4-5,8,15H,6-7H2,1-3H3. The molecule has 1 rings (SSSR count). The highest BCUT2D eigenvalue weighted by Gasteiger charge is 2.28. The first-order valence-corrected chi connectivity index (χ1v) is 8.37. The predicted octanol–water partition coefficient (Wildman–Crippen LogP) is 3.73. The number of rotatable bonds is 4. The quantitative estimate of drug-likeness (QED) is 0.896. The zero-order chi connectivity index (χ0) is 14.0. The van der Waals surface area contributed by atoms with Crippen LogP contribution in [0.1, 0.15) is 20.8 Å². The van der Waals surface area contributed by atoms with Crippen molar-refractivity contribution in [2.75, 3.05) is 17.6 Å². The Kier molecular flexibility index (Phi) is 5.09. The fourth-order valence-corrected chi connectivity index (χ4v) is 2.98. The maximum absolute atomic E-state index is 11.9. The van der Waals surface area contributed by atoms with Crippen molar-refractivity contribution >= 4 is 43.1 Å². The van der Waals surface area contributed by atoms with Gasteiger partial charge in [0.1, 0.15) is 0 Å². The highest BCUT2D eigenvalue weighted by molar-refractivity contribution is 9.10. The molecule has 0 radical (unpaired) electrons. The van der Waals surface area contributed by atoms with Crippen LogP contribution in [0.4, 0.5) is 5.69 Å². The van der Waals surface area contributed by atoms with E-state index in [1.807, 2.05) is 12.1 Å². The van der Waals surface area contributed by atoms with Gasteiger partial charge in [-0.1, -0.05) is 27.5 Å². The largest absolute Gasteiger partial charge is 0.383 e. The molecule has 18 heavy (non-hydrogen) atoms. The van der Waals surface area contributed by atoms with E-state index in [1.54, 1.807) is 26.8 Å². The van der Waals surface area contributed by atoms with Crippen LogP contribution in [0.15, 0.2) is 22.7 Å². The molecule has 0 heterocycles. The van der Waals surface area contributed by atoms with E-state index >= 15 is 0 Å². The third kappa shape index (κ3) is 4.14. The maximum Gasteiger partial charge on any atom is 0.156 e. The monoisotopic (exact) mass is 353 g/mol. The minimum Gasteiger partial charge on any atom is -0.383 e. The van der Waals surface area contributed by atoms with Crippen molar-refractivity contribution in [2.24, 2.45) is 0 Å². The molecule has 1 N–H and O–H groups in total. The Bertz CT molecular complexity index is 523. The van der Waals surface area contributed by atoms with Gasteiger partial charge >= 0.3 is 0 Å². The highest BCUT2D eigenvalue weighted by atomic mass is 79.9. The summed E-state index contributed by atoms with van der Waals surface area (Å²) in [6, 6.07) is 5.44. The maximum atomic E-state index is 11.9. The SMILES string of the molecule is CC(C)(C)S(=O)(=O)CCNc1ccc(Br)cc1Cl. The van der Waals surface area contributed by atoms with Crippen LogP contribution in [-0.2, 0) is 9.84 Å². The number of anilines is 1. The minimum atomic E-state index is -3.10. The van der Waals surface area contributed by atoms with Gasteiger partial charge < -0.3 is 5.32 Å². The second kappa shape index (κ2) is 5.80. The van der Waals surface area contributed by atoms with Crippen LogP contribution < -0.4 is 5.32 Å². The van der Waals surface area contributed by atoms with Crippen molar-refractivity contribution in [3.05, 3.63) is 27.7 Å². The predicted molar refractivity (Wildman–Crippen MR) is 81.2 cm³/mol. The summed E-state index contributed by atoms with van der Waals surface area (Å²) in [5.74, 6) is 0.0862. The number of benzene rings is 1. The van der Waals surface area contributed by atoms with Gasteiger partial charge in [-0.2, -0.15) is 0 Å². The molecule has 0 atom stereocenters. The average molecular weight is 355 g/mol. The van der Waals surface area contributed by atoms with E-state index in [-0.39, 0.29) is 5.75 Å². The van der Waals surface area contributed by atoms with Crippen LogP contribution in [0, 0.1) is 0 Å². The third-order valence-electron chi connectivity index (χ3n) is 2.55. The van der Waals surface area contributed by atoms with Gasteiger partial charge in [-0.3, -0.25) is 0 Å². The van der Waals surface area contributed by atoms with Gasteiger partial charge in [-0.15, -0.1) is 0 Å². The molecule has 1 aromatic rings. The van der Waals surface area contributed by atoms with Crippen LogP contribution >= 0.6 is 27.5 Å². The molecule has 0 aliphatic heterocycles. The number of nitrogens with one attached hydrogen (secondary N) is 1. The first-order valence-electron chi connectivity index (χ1n) is 5.55. The lowest BCUT2D eigenvalue weighted by Crippen LogP contribution is -2.32. The molecule has 0 spiro atoms. The lowest BCUT2D eigenvalue weighted by molar-refractivity contribution is 0.560. The molecular weight excluding hydrogens is 338 g/mol. The van der Waals surface area contributed by atoms with Gasteiger partial charge in [-0.05, 0) is 39.0 Å². The third-order valence-corrected chi connectivity index (χ3v) is 5.96. The fraction of sp³-hybridized carbons (Fsp3) is 0.500. The number of sulfone groups is 1.